The zero-order valence-corrected chi connectivity index (χ0v) is 10.4. The van der Waals surface area contributed by atoms with E-state index in [2.05, 4.69) is 15.9 Å². The summed E-state index contributed by atoms with van der Waals surface area (Å²) in [5.74, 6) is 0.806. The van der Waals surface area contributed by atoms with Gasteiger partial charge in [-0.2, -0.15) is 0 Å². The number of benzene rings is 1. The van der Waals surface area contributed by atoms with Crippen LogP contribution >= 0.6 is 15.9 Å². The van der Waals surface area contributed by atoms with Crippen molar-refractivity contribution in [3.05, 3.63) is 21.7 Å². The molecule has 0 atom stereocenters. The third kappa shape index (κ3) is 1.98. The van der Waals surface area contributed by atoms with Crippen LogP contribution in [0.1, 0.15) is 30.4 Å². The van der Waals surface area contributed by atoms with Crippen LogP contribution in [0.3, 0.4) is 0 Å². The molecule has 1 aromatic carbocycles. The van der Waals surface area contributed by atoms with Crippen molar-refractivity contribution in [2.45, 2.75) is 32.1 Å². The van der Waals surface area contributed by atoms with E-state index >= 15 is 0 Å². The van der Waals surface area contributed by atoms with Crippen molar-refractivity contribution in [1.82, 2.24) is 0 Å². The SMILES string of the molecule is COc1cc2c(c(Br)c1O)CCCCC2. The van der Waals surface area contributed by atoms with Crippen molar-refractivity contribution in [3.63, 3.8) is 0 Å². The lowest BCUT2D eigenvalue weighted by molar-refractivity contribution is 0.371. The van der Waals surface area contributed by atoms with Gasteiger partial charge in [0.2, 0.25) is 0 Å². The fourth-order valence-corrected chi connectivity index (χ4v) is 2.80. The molecule has 15 heavy (non-hydrogen) atoms. The van der Waals surface area contributed by atoms with Crippen LogP contribution in [0, 0.1) is 0 Å². The topological polar surface area (TPSA) is 29.5 Å². The molecule has 0 saturated carbocycles. The third-order valence-electron chi connectivity index (χ3n) is 2.99. The van der Waals surface area contributed by atoms with Crippen LogP contribution < -0.4 is 4.74 Å². The second-order valence-corrected chi connectivity index (χ2v) is 4.73. The molecule has 0 unspecified atom stereocenters. The van der Waals surface area contributed by atoms with Gasteiger partial charge in [0.1, 0.15) is 0 Å². The highest BCUT2D eigenvalue weighted by molar-refractivity contribution is 9.10. The van der Waals surface area contributed by atoms with Crippen LogP contribution in [-0.2, 0) is 12.8 Å². The van der Waals surface area contributed by atoms with Crippen molar-refractivity contribution in [2.24, 2.45) is 0 Å². The third-order valence-corrected chi connectivity index (χ3v) is 3.85. The van der Waals surface area contributed by atoms with E-state index in [0.29, 0.717) is 5.75 Å². The van der Waals surface area contributed by atoms with Gasteiger partial charge >= 0.3 is 0 Å². The minimum atomic E-state index is 0.234. The van der Waals surface area contributed by atoms with Crippen molar-refractivity contribution in [1.29, 1.82) is 0 Å². The number of hydrogen-bond donors (Lipinski definition) is 1. The first-order valence-corrected chi connectivity index (χ1v) is 6.10. The minimum Gasteiger partial charge on any atom is -0.503 e. The summed E-state index contributed by atoms with van der Waals surface area (Å²) in [6.45, 7) is 0. The van der Waals surface area contributed by atoms with Crippen molar-refractivity contribution < 1.29 is 9.84 Å². The van der Waals surface area contributed by atoms with Crippen molar-refractivity contribution in [3.8, 4) is 11.5 Å². The van der Waals surface area contributed by atoms with Gasteiger partial charge in [-0.25, -0.2) is 0 Å². The van der Waals surface area contributed by atoms with E-state index in [-0.39, 0.29) is 5.75 Å². The summed E-state index contributed by atoms with van der Waals surface area (Å²) in [6, 6.07) is 1.97. The van der Waals surface area contributed by atoms with Crippen LogP contribution in [0.4, 0.5) is 0 Å². The Bertz CT molecular complexity index is 374. The maximum atomic E-state index is 9.87. The standard InChI is InChI=1S/C12H15BrO2/c1-15-10-7-8-5-3-2-4-6-9(8)11(13)12(10)14/h7,14H,2-6H2,1H3. The van der Waals surface area contributed by atoms with Gasteiger partial charge in [0.25, 0.3) is 0 Å². The van der Waals surface area contributed by atoms with Gasteiger partial charge in [0.15, 0.2) is 11.5 Å². The number of fused-ring (bicyclic) bond motifs is 1. The van der Waals surface area contributed by atoms with Gasteiger partial charge < -0.3 is 9.84 Å². The Kier molecular flexibility index (Phi) is 3.19. The Balaban J connectivity index is 2.53. The van der Waals surface area contributed by atoms with E-state index in [1.807, 2.05) is 6.07 Å². The molecule has 3 heteroatoms. The molecule has 0 amide bonds. The highest BCUT2D eigenvalue weighted by Crippen LogP contribution is 2.40. The molecule has 0 bridgehead atoms. The Morgan fingerprint density at radius 3 is 2.73 bits per heavy atom. The van der Waals surface area contributed by atoms with Crippen LogP contribution in [0.15, 0.2) is 10.5 Å². The molecule has 1 aromatic rings. The molecule has 1 aliphatic carbocycles. The highest BCUT2D eigenvalue weighted by atomic mass is 79.9. The molecule has 0 fully saturated rings. The largest absolute Gasteiger partial charge is 0.503 e. The van der Waals surface area contributed by atoms with Gasteiger partial charge in [-0.15, -0.1) is 0 Å². The number of ether oxygens (including phenoxy) is 1. The molecule has 82 valence electrons. The van der Waals surface area contributed by atoms with Crippen LogP contribution in [0.25, 0.3) is 0 Å². The molecule has 2 rings (SSSR count). The summed E-state index contributed by atoms with van der Waals surface area (Å²) >= 11 is 3.46. The van der Waals surface area contributed by atoms with E-state index in [9.17, 15) is 5.11 Å². The fourth-order valence-electron chi connectivity index (χ4n) is 2.15. The number of methoxy groups -OCH3 is 1. The minimum absolute atomic E-state index is 0.234. The zero-order valence-electron chi connectivity index (χ0n) is 8.85. The first-order valence-electron chi connectivity index (χ1n) is 5.31. The van der Waals surface area contributed by atoms with E-state index in [4.69, 9.17) is 4.74 Å². The zero-order chi connectivity index (χ0) is 10.8. The number of rotatable bonds is 1. The molecular formula is C12H15BrO2. The molecule has 0 radical (unpaired) electrons. The number of aromatic hydroxyl groups is 1. The van der Waals surface area contributed by atoms with Gasteiger partial charge in [-0.05, 0) is 58.8 Å². The number of phenolic OH excluding ortho intramolecular Hbond substituents is 1. The van der Waals surface area contributed by atoms with Gasteiger partial charge in [0, 0.05) is 0 Å². The average molecular weight is 271 g/mol. The second kappa shape index (κ2) is 4.44. The number of halogens is 1. The number of aryl methyl sites for hydroxylation is 1. The molecule has 0 saturated heterocycles. The number of hydrogen-bond acceptors (Lipinski definition) is 2. The predicted octanol–water partition coefficient (Wildman–Crippen LogP) is 3.43. The normalized spacial score (nSPS) is 15.6. The Morgan fingerprint density at radius 2 is 2.00 bits per heavy atom. The average Bonchev–Trinajstić information content (AvgIpc) is 2.48. The van der Waals surface area contributed by atoms with E-state index < -0.39 is 0 Å². The summed E-state index contributed by atoms with van der Waals surface area (Å²) in [7, 11) is 1.59. The summed E-state index contributed by atoms with van der Waals surface area (Å²) in [5.41, 5.74) is 2.57. The van der Waals surface area contributed by atoms with Crippen molar-refractivity contribution in [2.75, 3.05) is 7.11 Å². The summed E-state index contributed by atoms with van der Waals surface area (Å²) in [4.78, 5) is 0. The van der Waals surface area contributed by atoms with Gasteiger partial charge in [-0.3, -0.25) is 0 Å². The van der Waals surface area contributed by atoms with E-state index in [1.54, 1.807) is 7.11 Å². The van der Waals surface area contributed by atoms with Crippen LogP contribution in [-0.4, -0.2) is 12.2 Å². The smallest absolute Gasteiger partial charge is 0.172 e. The van der Waals surface area contributed by atoms with E-state index in [0.717, 1.165) is 17.3 Å². The first-order chi connectivity index (χ1) is 7.24. The Morgan fingerprint density at radius 1 is 1.27 bits per heavy atom. The molecule has 0 aromatic heterocycles. The molecule has 1 aliphatic rings. The monoisotopic (exact) mass is 270 g/mol. The summed E-state index contributed by atoms with van der Waals surface area (Å²) in [5, 5.41) is 9.87. The Labute approximate surface area is 98.4 Å². The lowest BCUT2D eigenvalue weighted by Crippen LogP contribution is -1.95. The molecule has 2 nitrogen and oxygen atoms in total. The molecule has 0 aliphatic heterocycles. The van der Waals surface area contributed by atoms with Crippen LogP contribution in [0.2, 0.25) is 0 Å². The lowest BCUT2D eigenvalue weighted by atomic mass is 10.0. The van der Waals surface area contributed by atoms with Gasteiger partial charge in [-0.1, -0.05) is 6.42 Å². The first kappa shape index (κ1) is 10.8. The molecule has 1 N–H and O–H groups in total. The van der Waals surface area contributed by atoms with Crippen molar-refractivity contribution >= 4 is 15.9 Å². The van der Waals surface area contributed by atoms with E-state index in [1.165, 1.54) is 30.4 Å². The van der Waals surface area contributed by atoms with Crippen LogP contribution in [0.5, 0.6) is 11.5 Å². The number of phenols is 1. The maximum Gasteiger partial charge on any atom is 0.172 e. The lowest BCUT2D eigenvalue weighted by Gasteiger charge is -2.13. The highest BCUT2D eigenvalue weighted by Gasteiger charge is 2.17. The molecule has 0 heterocycles. The fraction of sp³-hybridized carbons (Fsp3) is 0.500. The summed E-state index contributed by atoms with van der Waals surface area (Å²) < 4.78 is 5.97. The molecular weight excluding hydrogens is 256 g/mol. The quantitative estimate of drug-likeness (QED) is 0.793. The van der Waals surface area contributed by atoms with Gasteiger partial charge in [0.05, 0.1) is 11.6 Å². The predicted molar refractivity (Wildman–Crippen MR) is 63.6 cm³/mol. The second-order valence-electron chi connectivity index (χ2n) is 3.94. The Hall–Kier alpha value is -0.700. The summed E-state index contributed by atoms with van der Waals surface area (Å²) in [6.07, 6.45) is 5.84. The molecule has 0 spiro atoms. The maximum absolute atomic E-state index is 9.87.